The van der Waals surface area contributed by atoms with Crippen molar-refractivity contribution in [1.29, 1.82) is 0 Å². The Hall–Kier alpha value is -1.35. The summed E-state index contributed by atoms with van der Waals surface area (Å²) in [6, 6.07) is 9.77. The monoisotopic (exact) mass is 222 g/mol. The lowest BCUT2D eigenvalue weighted by Gasteiger charge is -2.11. The van der Waals surface area contributed by atoms with Crippen LogP contribution in [0.15, 0.2) is 30.3 Å². The minimum absolute atomic E-state index is 0.290. The molecule has 0 heterocycles. The van der Waals surface area contributed by atoms with Crippen molar-refractivity contribution in [3.05, 3.63) is 35.9 Å². The molecule has 3 heteroatoms. The molecule has 0 bridgehead atoms. The Morgan fingerprint density at radius 1 is 1.38 bits per heavy atom. The molecule has 0 saturated carbocycles. The van der Waals surface area contributed by atoms with Gasteiger partial charge in [0, 0.05) is 0 Å². The van der Waals surface area contributed by atoms with E-state index in [9.17, 15) is 4.79 Å². The number of ether oxygens (including phenoxy) is 1. The Balaban J connectivity index is 2.31. The predicted octanol–water partition coefficient (Wildman–Crippen LogP) is 2.70. The van der Waals surface area contributed by atoms with Crippen molar-refractivity contribution in [2.24, 2.45) is 5.92 Å². The number of carboxylic acids is 1. The van der Waals surface area contributed by atoms with Gasteiger partial charge < -0.3 is 9.84 Å². The summed E-state index contributed by atoms with van der Waals surface area (Å²) in [6.45, 7) is 2.75. The average molecular weight is 222 g/mol. The minimum atomic E-state index is -0.769. The molecule has 0 radical (unpaired) electrons. The minimum Gasteiger partial charge on any atom is -0.481 e. The van der Waals surface area contributed by atoms with Crippen LogP contribution in [0.25, 0.3) is 0 Å². The van der Waals surface area contributed by atoms with E-state index >= 15 is 0 Å². The van der Waals surface area contributed by atoms with Gasteiger partial charge in [0.05, 0.1) is 19.1 Å². The van der Waals surface area contributed by atoms with Gasteiger partial charge >= 0.3 is 5.97 Å². The number of hydrogen-bond acceptors (Lipinski definition) is 2. The fraction of sp³-hybridized carbons (Fsp3) is 0.462. The number of hydrogen-bond donors (Lipinski definition) is 1. The quantitative estimate of drug-likeness (QED) is 0.771. The Morgan fingerprint density at radius 3 is 2.62 bits per heavy atom. The molecule has 1 N–H and O–H groups in total. The summed E-state index contributed by atoms with van der Waals surface area (Å²) < 4.78 is 5.41. The lowest BCUT2D eigenvalue weighted by Crippen LogP contribution is -2.19. The highest BCUT2D eigenvalue weighted by Gasteiger charge is 2.16. The highest BCUT2D eigenvalue weighted by atomic mass is 16.5. The Morgan fingerprint density at radius 2 is 2.06 bits per heavy atom. The first-order valence-electron chi connectivity index (χ1n) is 5.58. The molecule has 1 atom stereocenters. The van der Waals surface area contributed by atoms with Gasteiger partial charge in [0.1, 0.15) is 0 Å². The predicted molar refractivity (Wildman–Crippen MR) is 62.1 cm³/mol. The molecular weight excluding hydrogens is 204 g/mol. The zero-order valence-electron chi connectivity index (χ0n) is 9.56. The first kappa shape index (κ1) is 12.7. The van der Waals surface area contributed by atoms with E-state index in [4.69, 9.17) is 9.84 Å². The first-order valence-corrected chi connectivity index (χ1v) is 5.58. The summed E-state index contributed by atoms with van der Waals surface area (Å²) in [7, 11) is 0. The van der Waals surface area contributed by atoms with E-state index in [1.165, 1.54) is 0 Å². The van der Waals surface area contributed by atoms with Crippen LogP contribution in [-0.4, -0.2) is 17.7 Å². The number of carboxylic acid groups (broad SMARTS) is 1. The first-order chi connectivity index (χ1) is 7.74. The smallest absolute Gasteiger partial charge is 0.308 e. The van der Waals surface area contributed by atoms with Crippen LogP contribution in [0.3, 0.4) is 0 Å². The third-order valence-electron chi connectivity index (χ3n) is 2.42. The second-order valence-electron chi connectivity index (χ2n) is 3.82. The summed E-state index contributed by atoms with van der Waals surface area (Å²) in [4.78, 5) is 10.9. The van der Waals surface area contributed by atoms with Crippen LogP contribution in [0.1, 0.15) is 25.3 Å². The second-order valence-corrected chi connectivity index (χ2v) is 3.82. The van der Waals surface area contributed by atoms with Crippen LogP contribution in [-0.2, 0) is 16.1 Å². The van der Waals surface area contributed by atoms with Gasteiger partial charge in [-0.05, 0) is 12.0 Å². The van der Waals surface area contributed by atoms with Gasteiger partial charge in [-0.3, -0.25) is 4.79 Å². The van der Waals surface area contributed by atoms with Crippen molar-refractivity contribution < 1.29 is 14.6 Å². The number of benzene rings is 1. The molecule has 0 aliphatic heterocycles. The molecule has 88 valence electrons. The van der Waals surface area contributed by atoms with Gasteiger partial charge in [-0.15, -0.1) is 0 Å². The molecule has 0 fully saturated rings. The number of rotatable bonds is 7. The summed E-state index contributed by atoms with van der Waals surface area (Å²) >= 11 is 0. The molecule has 0 aromatic heterocycles. The van der Waals surface area contributed by atoms with Crippen LogP contribution >= 0.6 is 0 Å². The molecule has 0 unspecified atom stereocenters. The van der Waals surface area contributed by atoms with Gasteiger partial charge in [-0.1, -0.05) is 43.7 Å². The van der Waals surface area contributed by atoms with E-state index in [0.29, 0.717) is 13.0 Å². The fourth-order valence-electron chi connectivity index (χ4n) is 1.52. The molecule has 1 rings (SSSR count). The summed E-state index contributed by atoms with van der Waals surface area (Å²) in [5.74, 6) is -1.15. The number of aliphatic carboxylic acids is 1. The molecular formula is C13H18O3. The van der Waals surface area contributed by atoms with Crippen LogP contribution in [0.2, 0.25) is 0 Å². The number of carbonyl (C=O) groups is 1. The summed E-state index contributed by atoms with van der Waals surface area (Å²) in [5, 5.41) is 8.92. The summed E-state index contributed by atoms with van der Waals surface area (Å²) in [6.07, 6.45) is 1.54. The third kappa shape index (κ3) is 4.45. The van der Waals surface area contributed by atoms with E-state index in [1.807, 2.05) is 37.3 Å². The zero-order chi connectivity index (χ0) is 11.8. The van der Waals surface area contributed by atoms with Crippen LogP contribution in [0.5, 0.6) is 0 Å². The molecule has 0 spiro atoms. The van der Waals surface area contributed by atoms with Crippen molar-refractivity contribution in [3.63, 3.8) is 0 Å². The Kier molecular flexibility index (Phi) is 5.57. The van der Waals surface area contributed by atoms with Crippen molar-refractivity contribution in [2.45, 2.75) is 26.4 Å². The van der Waals surface area contributed by atoms with Gasteiger partial charge in [-0.2, -0.15) is 0 Å². The molecule has 16 heavy (non-hydrogen) atoms. The lowest BCUT2D eigenvalue weighted by atomic mass is 10.1. The SMILES string of the molecule is CCC[C@@H](COCc1ccccc1)C(=O)O. The van der Waals surface area contributed by atoms with Crippen molar-refractivity contribution >= 4 is 5.97 Å². The van der Waals surface area contributed by atoms with Gasteiger partial charge in [0.25, 0.3) is 0 Å². The van der Waals surface area contributed by atoms with Crippen LogP contribution in [0.4, 0.5) is 0 Å². The Bertz CT molecular complexity index is 308. The molecule has 1 aromatic carbocycles. The maximum Gasteiger partial charge on any atom is 0.308 e. The second kappa shape index (κ2) is 7.01. The third-order valence-corrected chi connectivity index (χ3v) is 2.42. The van der Waals surface area contributed by atoms with E-state index < -0.39 is 5.97 Å². The fourth-order valence-corrected chi connectivity index (χ4v) is 1.52. The average Bonchev–Trinajstić information content (AvgIpc) is 2.29. The van der Waals surface area contributed by atoms with Gasteiger partial charge in [0.2, 0.25) is 0 Å². The standard InChI is InChI=1S/C13H18O3/c1-2-6-12(13(14)15)10-16-9-11-7-4-3-5-8-11/h3-5,7-8,12H,2,6,9-10H2,1H3,(H,14,15)/t12-/m0/s1. The largest absolute Gasteiger partial charge is 0.481 e. The maximum atomic E-state index is 10.9. The van der Waals surface area contributed by atoms with E-state index in [2.05, 4.69) is 0 Å². The van der Waals surface area contributed by atoms with E-state index in [-0.39, 0.29) is 12.5 Å². The Labute approximate surface area is 96.1 Å². The van der Waals surface area contributed by atoms with Crippen molar-refractivity contribution in [2.75, 3.05) is 6.61 Å². The highest BCUT2D eigenvalue weighted by Crippen LogP contribution is 2.09. The molecule has 0 saturated heterocycles. The van der Waals surface area contributed by atoms with Crippen LogP contribution in [0, 0.1) is 5.92 Å². The topological polar surface area (TPSA) is 46.5 Å². The van der Waals surface area contributed by atoms with E-state index in [1.54, 1.807) is 0 Å². The lowest BCUT2D eigenvalue weighted by molar-refractivity contribution is -0.144. The maximum absolute atomic E-state index is 10.9. The highest BCUT2D eigenvalue weighted by molar-refractivity contribution is 5.70. The molecule has 0 amide bonds. The van der Waals surface area contributed by atoms with Gasteiger partial charge in [-0.25, -0.2) is 0 Å². The van der Waals surface area contributed by atoms with Crippen molar-refractivity contribution in [1.82, 2.24) is 0 Å². The molecule has 0 aliphatic carbocycles. The van der Waals surface area contributed by atoms with E-state index in [0.717, 1.165) is 12.0 Å². The normalized spacial score (nSPS) is 12.3. The molecule has 1 aromatic rings. The van der Waals surface area contributed by atoms with Crippen molar-refractivity contribution in [3.8, 4) is 0 Å². The van der Waals surface area contributed by atoms with Gasteiger partial charge in [0.15, 0.2) is 0 Å². The zero-order valence-corrected chi connectivity index (χ0v) is 9.56. The summed E-state index contributed by atoms with van der Waals surface area (Å²) in [5.41, 5.74) is 1.07. The molecule has 0 aliphatic rings. The molecule has 3 nitrogen and oxygen atoms in total. The van der Waals surface area contributed by atoms with Crippen LogP contribution < -0.4 is 0 Å².